The van der Waals surface area contributed by atoms with Crippen LogP contribution in [0.2, 0.25) is 5.02 Å². The maximum atomic E-state index is 6.31. The van der Waals surface area contributed by atoms with Crippen molar-refractivity contribution in [2.45, 2.75) is 26.7 Å². The average Bonchev–Trinajstić information content (AvgIpc) is 2.49. The van der Waals surface area contributed by atoms with E-state index in [9.17, 15) is 0 Å². The lowest BCUT2D eigenvalue weighted by atomic mass is 9.92. The summed E-state index contributed by atoms with van der Waals surface area (Å²) < 4.78 is 0. The number of rotatable bonds is 7. The van der Waals surface area contributed by atoms with Gasteiger partial charge in [0.15, 0.2) is 0 Å². The molecule has 2 aromatic carbocycles. The van der Waals surface area contributed by atoms with Crippen molar-refractivity contribution in [3.63, 3.8) is 0 Å². The van der Waals surface area contributed by atoms with Gasteiger partial charge in [-0.2, -0.15) is 0 Å². The summed E-state index contributed by atoms with van der Waals surface area (Å²) in [5.74, 6) is 0.563. The van der Waals surface area contributed by atoms with Crippen LogP contribution in [0.15, 0.2) is 48.5 Å². The molecule has 2 heteroatoms. The van der Waals surface area contributed by atoms with E-state index in [1.807, 2.05) is 12.1 Å². The standard InChI is InChI=1S/C19H24ClN/c1-3-21-14-17(12-16-10-8-15(2)9-11-16)13-18-6-4-5-7-19(18)20/h4-11,17,21H,3,12-14H2,1-2H3. The zero-order valence-corrected chi connectivity index (χ0v) is 13.7. The van der Waals surface area contributed by atoms with E-state index in [2.05, 4.69) is 55.6 Å². The van der Waals surface area contributed by atoms with Crippen molar-refractivity contribution in [2.24, 2.45) is 5.92 Å². The zero-order chi connectivity index (χ0) is 15.1. The molecule has 0 aliphatic rings. The van der Waals surface area contributed by atoms with Gasteiger partial charge in [0.05, 0.1) is 0 Å². The van der Waals surface area contributed by atoms with Gasteiger partial charge in [0.1, 0.15) is 0 Å². The van der Waals surface area contributed by atoms with Gasteiger partial charge in [0, 0.05) is 5.02 Å². The first-order valence-corrected chi connectivity index (χ1v) is 8.06. The smallest absolute Gasteiger partial charge is 0.0438 e. The Hall–Kier alpha value is -1.31. The predicted octanol–water partition coefficient (Wildman–Crippen LogP) is 4.66. The largest absolute Gasteiger partial charge is 0.317 e. The lowest BCUT2D eigenvalue weighted by Crippen LogP contribution is -2.25. The molecule has 1 unspecified atom stereocenters. The zero-order valence-electron chi connectivity index (χ0n) is 12.9. The highest BCUT2D eigenvalue weighted by Gasteiger charge is 2.12. The molecule has 1 atom stereocenters. The minimum absolute atomic E-state index is 0.563. The van der Waals surface area contributed by atoms with Crippen LogP contribution in [0.25, 0.3) is 0 Å². The fourth-order valence-corrected chi connectivity index (χ4v) is 2.81. The van der Waals surface area contributed by atoms with E-state index in [-0.39, 0.29) is 0 Å². The van der Waals surface area contributed by atoms with Gasteiger partial charge in [0.2, 0.25) is 0 Å². The van der Waals surface area contributed by atoms with Crippen molar-refractivity contribution >= 4 is 11.6 Å². The number of aryl methyl sites for hydroxylation is 1. The van der Waals surface area contributed by atoms with Crippen molar-refractivity contribution in [3.8, 4) is 0 Å². The Kier molecular flexibility index (Phi) is 6.28. The third-order valence-electron chi connectivity index (χ3n) is 3.79. The van der Waals surface area contributed by atoms with Crippen molar-refractivity contribution in [1.29, 1.82) is 0 Å². The van der Waals surface area contributed by atoms with Crippen LogP contribution in [0, 0.1) is 12.8 Å². The van der Waals surface area contributed by atoms with Gasteiger partial charge in [-0.25, -0.2) is 0 Å². The molecular formula is C19H24ClN. The molecule has 0 aromatic heterocycles. The highest BCUT2D eigenvalue weighted by Crippen LogP contribution is 2.21. The highest BCUT2D eigenvalue weighted by molar-refractivity contribution is 6.31. The maximum absolute atomic E-state index is 6.31. The number of nitrogens with one attached hydrogen (secondary N) is 1. The highest BCUT2D eigenvalue weighted by atomic mass is 35.5. The molecule has 2 rings (SSSR count). The van der Waals surface area contributed by atoms with Gasteiger partial charge < -0.3 is 5.32 Å². The summed E-state index contributed by atoms with van der Waals surface area (Å²) in [5, 5.41) is 4.35. The van der Waals surface area contributed by atoms with Crippen LogP contribution in [-0.4, -0.2) is 13.1 Å². The lowest BCUT2D eigenvalue weighted by molar-refractivity contribution is 0.478. The molecule has 0 aliphatic carbocycles. The van der Waals surface area contributed by atoms with Crippen LogP contribution in [-0.2, 0) is 12.8 Å². The Morgan fingerprint density at radius 2 is 1.71 bits per heavy atom. The fourth-order valence-electron chi connectivity index (χ4n) is 2.60. The molecule has 21 heavy (non-hydrogen) atoms. The van der Waals surface area contributed by atoms with Gasteiger partial charge >= 0.3 is 0 Å². The first-order valence-electron chi connectivity index (χ1n) is 7.68. The van der Waals surface area contributed by atoms with Crippen LogP contribution in [0.5, 0.6) is 0 Å². The van der Waals surface area contributed by atoms with Crippen LogP contribution < -0.4 is 5.32 Å². The molecule has 0 saturated carbocycles. The Morgan fingerprint density at radius 3 is 2.38 bits per heavy atom. The third-order valence-corrected chi connectivity index (χ3v) is 4.16. The summed E-state index contributed by atoms with van der Waals surface area (Å²) in [6.07, 6.45) is 2.10. The Bertz CT molecular complexity index is 548. The molecule has 0 aliphatic heterocycles. The molecule has 0 heterocycles. The second kappa shape index (κ2) is 8.21. The number of halogens is 1. The summed E-state index contributed by atoms with van der Waals surface area (Å²) in [6.45, 7) is 6.31. The first kappa shape index (κ1) is 16.1. The molecule has 112 valence electrons. The Balaban J connectivity index is 2.07. The van der Waals surface area contributed by atoms with Gasteiger partial charge in [-0.05, 0) is 56.0 Å². The van der Waals surface area contributed by atoms with Crippen LogP contribution in [0.1, 0.15) is 23.6 Å². The molecule has 2 aromatic rings. The molecule has 1 N–H and O–H groups in total. The SMILES string of the molecule is CCNCC(Cc1ccc(C)cc1)Cc1ccccc1Cl. The fraction of sp³-hybridized carbons (Fsp3) is 0.368. The van der Waals surface area contributed by atoms with Crippen LogP contribution in [0.3, 0.4) is 0 Å². The molecular weight excluding hydrogens is 278 g/mol. The minimum Gasteiger partial charge on any atom is -0.317 e. The van der Waals surface area contributed by atoms with Crippen molar-refractivity contribution in [2.75, 3.05) is 13.1 Å². The molecule has 1 nitrogen and oxygen atoms in total. The minimum atomic E-state index is 0.563. The van der Waals surface area contributed by atoms with E-state index in [1.165, 1.54) is 16.7 Å². The van der Waals surface area contributed by atoms with E-state index in [0.717, 1.165) is 31.0 Å². The van der Waals surface area contributed by atoms with Crippen molar-refractivity contribution in [1.82, 2.24) is 5.32 Å². The van der Waals surface area contributed by atoms with E-state index >= 15 is 0 Å². The topological polar surface area (TPSA) is 12.0 Å². The number of hydrogen-bond acceptors (Lipinski definition) is 1. The van der Waals surface area contributed by atoms with Crippen molar-refractivity contribution < 1.29 is 0 Å². The van der Waals surface area contributed by atoms with Gasteiger partial charge in [-0.15, -0.1) is 0 Å². The monoisotopic (exact) mass is 301 g/mol. The molecule has 0 amide bonds. The van der Waals surface area contributed by atoms with E-state index in [4.69, 9.17) is 11.6 Å². The first-order chi connectivity index (χ1) is 10.2. The molecule has 0 fully saturated rings. The second-order valence-electron chi connectivity index (χ2n) is 5.66. The normalized spacial score (nSPS) is 12.3. The second-order valence-corrected chi connectivity index (χ2v) is 6.07. The van der Waals surface area contributed by atoms with Gasteiger partial charge in [0.25, 0.3) is 0 Å². The van der Waals surface area contributed by atoms with Crippen molar-refractivity contribution in [3.05, 3.63) is 70.2 Å². The van der Waals surface area contributed by atoms with E-state index in [1.54, 1.807) is 0 Å². The Labute approximate surface area is 133 Å². The number of benzene rings is 2. The summed E-state index contributed by atoms with van der Waals surface area (Å²) >= 11 is 6.31. The quantitative estimate of drug-likeness (QED) is 0.784. The van der Waals surface area contributed by atoms with Crippen LogP contribution >= 0.6 is 11.6 Å². The van der Waals surface area contributed by atoms with E-state index in [0.29, 0.717) is 5.92 Å². The summed E-state index contributed by atoms with van der Waals surface area (Å²) in [4.78, 5) is 0. The van der Waals surface area contributed by atoms with Crippen LogP contribution in [0.4, 0.5) is 0 Å². The third kappa shape index (κ3) is 5.18. The molecule has 0 spiro atoms. The maximum Gasteiger partial charge on any atom is 0.0438 e. The summed E-state index contributed by atoms with van der Waals surface area (Å²) in [6, 6.07) is 17.0. The molecule has 0 bridgehead atoms. The molecule has 0 saturated heterocycles. The molecule has 0 radical (unpaired) electrons. The van der Waals surface area contributed by atoms with Gasteiger partial charge in [-0.1, -0.05) is 66.6 Å². The summed E-state index contributed by atoms with van der Waals surface area (Å²) in [7, 11) is 0. The van der Waals surface area contributed by atoms with E-state index < -0.39 is 0 Å². The average molecular weight is 302 g/mol. The van der Waals surface area contributed by atoms with Gasteiger partial charge in [-0.3, -0.25) is 0 Å². The predicted molar refractivity (Wildman–Crippen MR) is 92.1 cm³/mol. The summed E-state index contributed by atoms with van der Waals surface area (Å²) in [5.41, 5.74) is 3.96. The number of hydrogen-bond donors (Lipinski definition) is 1. The lowest BCUT2D eigenvalue weighted by Gasteiger charge is -2.18. The Morgan fingerprint density at radius 1 is 1.00 bits per heavy atom.